The standard InChI is InChI=1S/C21H18N2O9S/c1-31-21(27)32-18-17(10-13-6-8-16(9-7-13)33(28,29)30)19(25)23(20(26)22-18)11-14-2-4-15(12-24)5-3-14/h2-9,12H,10-11H2,1H3,(H,22,26)(H,28,29,30). The Morgan fingerprint density at radius 1 is 1.06 bits per heavy atom. The number of methoxy groups -OCH3 is 1. The number of nitrogens with one attached hydrogen (secondary N) is 1. The minimum atomic E-state index is -4.40. The van der Waals surface area contributed by atoms with Gasteiger partial charge in [0.25, 0.3) is 15.7 Å². The molecule has 3 aromatic rings. The summed E-state index contributed by atoms with van der Waals surface area (Å²) in [6, 6.07) is 11.2. The largest absolute Gasteiger partial charge is 0.514 e. The van der Waals surface area contributed by atoms with E-state index in [1.165, 1.54) is 24.3 Å². The minimum absolute atomic E-state index is 0.0934. The number of hydrogen-bond donors (Lipinski definition) is 2. The van der Waals surface area contributed by atoms with Crippen molar-refractivity contribution >= 4 is 22.6 Å². The van der Waals surface area contributed by atoms with Crippen LogP contribution in [0.15, 0.2) is 63.0 Å². The second-order valence-electron chi connectivity index (χ2n) is 6.84. The van der Waals surface area contributed by atoms with Gasteiger partial charge in [-0.3, -0.25) is 23.7 Å². The molecule has 0 aliphatic rings. The predicted octanol–water partition coefficient (Wildman–Crippen LogP) is 1.38. The normalized spacial score (nSPS) is 11.1. The van der Waals surface area contributed by atoms with Crippen LogP contribution in [0.3, 0.4) is 0 Å². The van der Waals surface area contributed by atoms with E-state index in [-0.39, 0.29) is 23.4 Å². The summed E-state index contributed by atoms with van der Waals surface area (Å²) >= 11 is 0. The SMILES string of the molecule is COC(=O)Oc1[nH]c(=O)n(Cc2ccc(C=O)cc2)c(=O)c1Cc1ccc(S(=O)(=O)O)cc1. The molecular weight excluding hydrogens is 456 g/mol. The van der Waals surface area contributed by atoms with Crippen LogP contribution in [0.1, 0.15) is 27.0 Å². The summed E-state index contributed by atoms with van der Waals surface area (Å²) in [4.78, 5) is 50.1. The molecule has 0 amide bonds. The van der Waals surface area contributed by atoms with Gasteiger partial charge >= 0.3 is 11.8 Å². The maximum Gasteiger partial charge on any atom is 0.514 e. The van der Waals surface area contributed by atoms with Crippen LogP contribution in [0.4, 0.5) is 4.79 Å². The van der Waals surface area contributed by atoms with Gasteiger partial charge in [0, 0.05) is 12.0 Å². The van der Waals surface area contributed by atoms with Gasteiger partial charge in [0.15, 0.2) is 0 Å². The van der Waals surface area contributed by atoms with Gasteiger partial charge in [-0.1, -0.05) is 36.4 Å². The Morgan fingerprint density at radius 3 is 2.21 bits per heavy atom. The zero-order valence-corrected chi connectivity index (χ0v) is 18.0. The molecule has 1 heterocycles. The quantitative estimate of drug-likeness (QED) is 0.293. The number of aromatic amines is 1. The molecule has 1 aromatic heterocycles. The zero-order valence-electron chi connectivity index (χ0n) is 17.2. The number of rotatable bonds is 7. The molecule has 0 aliphatic heterocycles. The molecule has 11 nitrogen and oxygen atoms in total. The molecule has 2 aromatic carbocycles. The Balaban J connectivity index is 2.05. The molecule has 33 heavy (non-hydrogen) atoms. The second kappa shape index (κ2) is 9.63. The summed E-state index contributed by atoms with van der Waals surface area (Å²) in [7, 11) is -3.35. The average Bonchev–Trinajstić information content (AvgIpc) is 2.79. The highest BCUT2D eigenvalue weighted by atomic mass is 32.2. The highest BCUT2D eigenvalue weighted by Crippen LogP contribution is 2.17. The Bertz CT molecular complexity index is 1400. The molecule has 0 unspecified atom stereocenters. The summed E-state index contributed by atoms with van der Waals surface area (Å²) in [5.74, 6) is -0.414. The number of aldehydes is 1. The first-order valence-corrected chi connectivity index (χ1v) is 10.8. The number of aromatic nitrogens is 2. The number of H-pyrrole nitrogens is 1. The first-order valence-electron chi connectivity index (χ1n) is 9.34. The lowest BCUT2D eigenvalue weighted by Crippen LogP contribution is -2.38. The van der Waals surface area contributed by atoms with Crippen LogP contribution in [0.2, 0.25) is 0 Å². The second-order valence-corrected chi connectivity index (χ2v) is 8.26. The molecule has 0 bridgehead atoms. The van der Waals surface area contributed by atoms with E-state index in [0.717, 1.165) is 23.8 Å². The summed E-state index contributed by atoms with van der Waals surface area (Å²) in [5, 5.41) is 0. The molecule has 172 valence electrons. The van der Waals surface area contributed by atoms with Crippen molar-refractivity contribution in [1.29, 1.82) is 0 Å². The third-order valence-corrected chi connectivity index (χ3v) is 5.52. The highest BCUT2D eigenvalue weighted by molar-refractivity contribution is 7.85. The molecule has 12 heteroatoms. The van der Waals surface area contributed by atoms with E-state index in [1.54, 1.807) is 12.1 Å². The van der Waals surface area contributed by atoms with Crippen molar-refractivity contribution in [3.63, 3.8) is 0 Å². The Kier molecular flexibility index (Phi) is 6.89. The maximum atomic E-state index is 13.2. The van der Waals surface area contributed by atoms with Crippen LogP contribution >= 0.6 is 0 Å². The van der Waals surface area contributed by atoms with Crippen LogP contribution in [-0.4, -0.2) is 42.1 Å². The van der Waals surface area contributed by atoms with Crippen LogP contribution in [0, 0.1) is 0 Å². The molecular formula is C21H18N2O9S. The van der Waals surface area contributed by atoms with Gasteiger partial charge in [-0.25, -0.2) is 9.59 Å². The molecule has 0 saturated carbocycles. The van der Waals surface area contributed by atoms with E-state index in [4.69, 9.17) is 9.29 Å². The van der Waals surface area contributed by atoms with Crippen molar-refractivity contribution in [3.05, 3.63) is 91.6 Å². The van der Waals surface area contributed by atoms with Crippen molar-refractivity contribution in [1.82, 2.24) is 9.55 Å². The molecule has 0 aliphatic carbocycles. The number of ether oxygens (including phenoxy) is 2. The molecule has 0 fully saturated rings. The first-order chi connectivity index (χ1) is 15.6. The van der Waals surface area contributed by atoms with E-state index in [0.29, 0.717) is 23.0 Å². The number of nitrogens with zero attached hydrogens (tertiary/aromatic N) is 1. The Hall–Kier alpha value is -4.03. The lowest BCUT2D eigenvalue weighted by atomic mass is 10.1. The van der Waals surface area contributed by atoms with Crippen LogP contribution in [0.25, 0.3) is 0 Å². The Labute approximate surface area is 187 Å². The van der Waals surface area contributed by atoms with Gasteiger partial charge in [0.05, 0.1) is 24.1 Å². The van der Waals surface area contributed by atoms with Gasteiger partial charge < -0.3 is 9.47 Å². The van der Waals surface area contributed by atoms with Crippen molar-refractivity contribution in [2.45, 2.75) is 17.9 Å². The van der Waals surface area contributed by atoms with Crippen LogP contribution in [-0.2, 0) is 27.8 Å². The monoisotopic (exact) mass is 474 g/mol. The van der Waals surface area contributed by atoms with E-state index in [9.17, 15) is 27.6 Å². The van der Waals surface area contributed by atoms with Gasteiger partial charge in [-0.15, -0.1) is 0 Å². The summed E-state index contributed by atoms with van der Waals surface area (Å²) in [6.45, 7) is -0.125. The highest BCUT2D eigenvalue weighted by Gasteiger charge is 2.19. The summed E-state index contributed by atoms with van der Waals surface area (Å²) in [5.41, 5.74) is -0.263. The van der Waals surface area contributed by atoms with E-state index >= 15 is 0 Å². The van der Waals surface area contributed by atoms with Gasteiger partial charge in [-0.05, 0) is 23.3 Å². The van der Waals surface area contributed by atoms with E-state index in [1.807, 2.05) is 0 Å². The van der Waals surface area contributed by atoms with Gasteiger partial charge in [-0.2, -0.15) is 8.42 Å². The molecule has 0 spiro atoms. The predicted molar refractivity (Wildman–Crippen MR) is 114 cm³/mol. The fourth-order valence-corrected chi connectivity index (χ4v) is 3.45. The Morgan fingerprint density at radius 2 is 1.67 bits per heavy atom. The number of benzene rings is 2. The summed E-state index contributed by atoms with van der Waals surface area (Å²) in [6.07, 6.45) is -0.638. The van der Waals surface area contributed by atoms with Crippen LogP contribution < -0.4 is 16.0 Å². The minimum Gasteiger partial charge on any atom is -0.437 e. The summed E-state index contributed by atoms with van der Waals surface area (Å²) < 4.78 is 41.8. The lowest BCUT2D eigenvalue weighted by molar-refractivity contribution is 0.112. The molecule has 3 rings (SSSR count). The van der Waals surface area contributed by atoms with Crippen molar-refractivity contribution < 1.29 is 32.0 Å². The molecule has 2 N–H and O–H groups in total. The third kappa shape index (κ3) is 5.61. The number of carbonyl (C=O) groups is 2. The third-order valence-electron chi connectivity index (χ3n) is 4.65. The molecule has 0 atom stereocenters. The molecule has 0 saturated heterocycles. The molecule has 0 radical (unpaired) electrons. The van der Waals surface area contributed by atoms with Crippen molar-refractivity contribution in [3.8, 4) is 5.88 Å². The van der Waals surface area contributed by atoms with Crippen molar-refractivity contribution in [2.24, 2.45) is 0 Å². The topological polar surface area (TPSA) is 162 Å². The first kappa shape index (κ1) is 23.6. The lowest BCUT2D eigenvalue weighted by Gasteiger charge is -2.12. The zero-order chi connectivity index (χ0) is 24.2. The smallest absolute Gasteiger partial charge is 0.437 e. The maximum absolute atomic E-state index is 13.2. The number of carbonyl (C=O) groups excluding carboxylic acids is 2. The number of hydrogen-bond acceptors (Lipinski definition) is 8. The van der Waals surface area contributed by atoms with E-state index < -0.39 is 33.4 Å². The van der Waals surface area contributed by atoms with E-state index in [2.05, 4.69) is 9.72 Å². The average molecular weight is 474 g/mol. The fourth-order valence-electron chi connectivity index (χ4n) is 2.97. The fraction of sp³-hybridized carbons (Fsp3) is 0.143. The van der Waals surface area contributed by atoms with Gasteiger partial charge in [0.1, 0.15) is 6.29 Å². The van der Waals surface area contributed by atoms with Crippen LogP contribution in [0.5, 0.6) is 5.88 Å². The van der Waals surface area contributed by atoms with Gasteiger partial charge in [0.2, 0.25) is 5.88 Å². The van der Waals surface area contributed by atoms with Crippen molar-refractivity contribution in [2.75, 3.05) is 7.11 Å².